The molecular weight excluding hydrogens is 416 g/mol. The molecule has 1 aromatic rings. The van der Waals surface area contributed by atoms with E-state index in [-0.39, 0.29) is 36.0 Å². The number of alkyl halides is 3. The maximum Gasteiger partial charge on any atom is 0.416 e. The minimum Gasteiger partial charge on any atom is -0.382 e. The predicted octanol–water partition coefficient (Wildman–Crippen LogP) is 0.299. The molecular formula is C11H18F3IN6O. The first kappa shape index (κ1) is 18.9. The van der Waals surface area contributed by atoms with Crippen LogP contribution in [0.3, 0.4) is 0 Å². The first-order valence-corrected chi connectivity index (χ1v) is 6.49. The Morgan fingerprint density at radius 3 is 2.95 bits per heavy atom. The number of hydrogen-bond donors (Lipinski definition) is 3. The second-order valence-corrected chi connectivity index (χ2v) is 4.75. The van der Waals surface area contributed by atoms with E-state index < -0.39 is 18.8 Å². The number of hydrogen-bond acceptors (Lipinski definition) is 4. The normalized spacial score (nSPS) is 19.9. The Morgan fingerprint density at radius 2 is 2.32 bits per heavy atom. The van der Waals surface area contributed by atoms with Gasteiger partial charge in [0.25, 0.3) is 0 Å². The largest absolute Gasteiger partial charge is 0.416 e. The SMILES string of the molecule is CN=C(NCC(O)C(F)(F)F)NC1CCc2ncnn2C1.I. The lowest BCUT2D eigenvalue weighted by atomic mass is 10.1. The van der Waals surface area contributed by atoms with Crippen molar-refractivity contribution < 1.29 is 18.3 Å². The van der Waals surface area contributed by atoms with Crippen molar-refractivity contribution in [2.45, 2.75) is 37.7 Å². The molecule has 126 valence electrons. The third kappa shape index (κ3) is 4.97. The highest BCUT2D eigenvalue weighted by atomic mass is 127. The van der Waals surface area contributed by atoms with Crippen LogP contribution in [0, 0.1) is 0 Å². The van der Waals surface area contributed by atoms with Crippen molar-refractivity contribution in [3.63, 3.8) is 0 Å². The van der Waals surface area contributed by atoms with E-state index in [9.17, 15) is 13.2 Å². The van der Waals surface area contributed by atoms with Crippen LogP contribution >= 0.6 is 24.0 Å². The third-order valence-corrected chi connectivity index (χ3v) is 3.21. The van der Waals surface area contributed by atoms with Crippen molar-refractivity contribution in [3.8, 4) is 0 Å². The molecule has 0 saturated heterocycles. The second-order valence-electron chi connectivity index (χ2n) is 4.75. The van der Waals surface area contributed by atoms with E-state index in [2.05, 4.69) is 25.7 Å². The molecule has 0 radical (unpaired) electrons. The number of nitrogens with zero attached hydrogens (tertiary/aromatic N) is 4. The average Bonchev–Trinajstić information content (AvgIpc) is 2.89. The van der Waals surface area contributed by atoms with Gasteiger partial charge < -0.3 is 15.7 Å². The number of guanidine groups is 1. The smallest absolute Gasteiger partial charge is 0.382 e. The summed E-state index contributed by atoms with van der Waals surface area (Å²) >= 11 is 0. The molecule has 0 amide bonds. The molecule has 1 aliphatic heterocycles. The zero-order valence-electron chi connectivity index (χ0n) is 11.8. The summed E-state index contributed by atoms with van der Waals surface area (Å²) in [5, 5.41) is 18.5. The van der Waals surface area contributed by atoms with Gasteiger partial charge in [-0.1, -0.05) is 0 Å². The standard InChI is InChI=1S/C11H17F3N6O.HI/c1-15-10(16-4-8(21)11(12,13)14)19-7-2-3-9-17-6-18-20(9)5-7;/h6-8,21H,2-5H2,1H3,(H2,15,16,19);1H. The summed E-state index contributed by atoms with van der Waals surface area (Å²) in [6, 6.07) is -0.00608. The highest BCUT2D eigenvalue weighted by molar-refractivity contribution is 14.0. The fourth-order valence-electron chi connectivity index (χ4n) is 2.05. The Hall–Kier alpha value is -1.11. The van der Waals surface area contributed by atoms with Gasteiger partial charge in [0, 0.05) is 19.5 Å². The molecule has 1 aliphatic rings. The topological polar surface area (TPSA) is 87.4 Å². The Kier molecular flexibility index (Phi) is 6.84. The van der Waals surface area contributed by atoms with Crippen LogP contribution in [0.1, 0.15) is 12.2 Å². The summed E-state index contributed by atoms with van der Waals surface area (Å²) in [5.41, 5.74) is 0. The van der Waals surface area contributed by atoms with Crippen LogP contribution in [0.4, 0.5) is 13.2 Å². The fourth-order valence-corrected chi connectivity index (χ4v) is 2.05. The number of nitrogens with one attached hydrogen (secondary N) is 2. The number of fused-ring (bicyclic) bond motifs is 1. The van der Waals surface area contributed by atoms with E-state index in [4.69, 9.17) is 5.11 Å². The van der Waals surface area contributed by atoms with Gasteiger partial charge in [0.2, 0.25) is 0 Å². The van der Waals surface area contributed by atoms with Crippen LogP contribution in [0.2, 0.25) is 0 Å². The van der Waals surface area contributed by atoms with Gasteiger partial charge in [-0.3, -0.25) is 4.99 Å². The first-order chi connectivity index (χ1) is 9.90. The lowest BCUT2D eigenvalue weighted by Gasteiger charge is -2.26. The van der Waals surface area contributed by atoms with Gasteiger partial charge in [0.15, 0.2) is 12.1 Å². The predicted molar refractivity (Wildman–Crippen MR) is 84.1 cm³/mol. The number of aliphatic imine (C=N–C) groups is 1. The van der Waals surface area contributed by atoms with Crippen molar-refractivity contribution in [1.29, 1.82) is 0 Å². The van der Waals surface area contributed by atoms with Crippen LogP contribution in [0.25, 0.3) is 0 Å². The molecule has 11 heteroatoms. The van der Waals surface area contributed by atoms with Crippen LogP contribution in [0.5, 0.6) is 0 Å². The molecule has 0 saturated carbocycles. The molecule has 0 fully saturated rings. The van der Waals surface area contributed by atoms with Gasteiger partial charge in [-0.2, -0.15) is 18.3 Å². The summed E-state index contributed by atoms with van der Waals surface area (Å²) in [5.74, 6) is 1.11. The van der Waals surface area contributed by atoms with Crippen LogP contribution in [-0.2, 0) is 13.0 Å². The first-order valence-electron chi connectivity index (χ1n) is 6.49. The van der Waals surface area contributed by atoms with E-state index in [1.54, 1.807) is 4.68 Å². The molecule has 0 spiro atoms. The monoisotopic (exact) mass is 434 g/mol. The molecule has 2 heterocycles. The highest BCUT2D eigenvalue weighted by Gasteiger charge is 2.38. The van der Waals surface area contributed by atoms with Gasteiger partial charge in [-0.05, 0) is 6.42 Å². The van der Waals surface area contributed by atoms with Crippen LogP contribution < -0.4 is 10.6 Å². The van der Waals surface area contributed by atoms with Crippen LogP contribution in [0.15, 0.2) is 11.3 Å². The Labute approximate surface area is 142 Å². The molecule has 2 rings (SSSR count). The van der Waals surface area contributed by atoms with E-state index in [1.165, 1.54) is 13.4 Å². The average molecular weight is 434 g/mol. The molecule has 7 nitrogen and oxygen atoms in total. The summed E-state index contributed by atoms with van der Waals surface area (Å²) in [4.78, 5) is 7.95. The number of rotatable bonds is 3. The summed E-state index contributed by atoms with van der Waals surface area (Å²) in [7, 11) is 1.46. The zero-order chi connectivity index (χ0) is 15.5. The molecule has 22 heavy (non-hydrogen) atoms. The van der Waals surface area contributed by atoms with Crippen LogP contribution in [-0.4, -0.2) is 57.7 Å². The van der Waals surface area contributed by atoms with Crippen molar-refractivity contribution in [2.24, 2.45) is 4.99 Å². The molecule has 3 N–H and O–H groups in total. The molecule has 2 unspecified atom stereocenters. The lowest BCUT2D eigenvalue weighted by Crippen LogP contribution is -2.50. The van der Waals surface area contributed by atoms with E-state index in [0.717, 1.165) is 18.7 Å². The molecule has 1 aromatic heterocycles. The molecule has 0 aliphatic carbocycles. The van der Waals surface area contributed by atoms with E-state index in [0.29, 0.717) is 6.54 Å². The number of halogens is 4. The van der Waals surface area contributed by atoms with Gasteiger partial charge in [0.1, 0.15) is 12.2 Å². The van der Waals surface area contributed by atoms with Crippen molar-refractivity contribution in [2.75, 3.05) is 13.6 Å². The van der Waals surface area contributed by atoms with E-state index >= 15 is 0 Å². The van der Waals surface area contributed by atoms with Crippen molar-refractivity contribution in [3.05, 3.63) is 12.2 Å². The second kappa shape index (κ2) is 7.94. The number of aromatic nitrogens is 3. The summed E-state index contributed by atoms with van der Waals surface area (Å²) < 4.78 is 38.4. The van der Waals surface area contributed by atoms with Gasteiger partial charge in [-0.25, -0.2) is 9.67 Å². The third-order valence-electron chi connectivity index (χ3n) is 3.21. The Balaban J connectivity index is 0.00000242. The zero-order valence-corrected chi connectivity index (χ0v) is 14.2. The maximum atomic E-state index is 12.2. The van der Waals surface area contributed by atoms with Gasteiger partial charge in [-0.15, -0.1) is 24.0 Å². The molecule has 2 atom stereocenters. The highest BCUT2D eigenvalue weighted by Crippen LogP contribution is 2.19. The fraction of sp³-hybridized carbons (Fsp3) is 0.727. The molecule has 0 bridgehead atoms. The maximum absolute atomic E-state index is 12.2. The van der Waals surface area contributed by atoms with Crippen molar-refractivity contribution >= 4 is 29.9 Å². The Morgan fingerprint density at radius 1 is 1.59 bits per heavy atom. The minimum absolute atomic E-state index is 0. The van der Waals surface area contributed by atoms with Gasteiger partial charge in [0.05, 0.1) is 13.1 Å². The Bertz CT molecular complexity index is 506. The van der Waals surface area contributed by atoms with Gasteiger partial charge >= 0.3 is 6.18 Å². The minimum atomic E-state index is -4.65. The van der Waals surface area contributed by atoms with Crippen molar-refractivity contribution in [1.82, 2.24) is 25.4 Å². The summed E-state index contributed by atoms with van der Waals surface area (Å²) in [6.45, 7) is -0.0810. The van der Waals surface area contributed by atoms with E-state index in [1.807, 2.05) is 0 Å². The summed E-state index contributed by atoms with van der Waals surface area (Å²) in [6.07, 6.45) is -4.08. The lowest BCUT2D eigenvalue weighted by molar-refractivity contribution is -0.201. The number of aliphatic hydroxyl groups excluding tert-OH is 1. The number of aliphatic hydroxyl groups is 1. The number of aryl methyl sites for hydroxylation is 1. The quantitative estimate of drug-likeness (QED) is 0.362. The molecule has 0 aromatic carbocycles.